The van der Waals surface area contributed by atoms with Crippen molar-refractivity contribution in [3.63, 3.8) is 0 Å². The third kappa shape index (κ3) is 12.6. The molecule has 2 amide bonds. The lowest BCUT2D eigenvalue weighted by Crippen LogP contribution is -2.43. The number of para-hydroxylation sites is 2. The summed E-state index contributed by atoms with van der Waals surface area (Å²) in [7, 11) is 1.32. The maximum atomic E-state index is 14.1. The van der Waals surface area contributed by atoms with Crippen molar-refractivity contribution in [1.29, 1.82) is 0 Å². The largest absolute Gasteiger partial charge is 0.463 e. The molecule has 14 nitrogen and oxygen atoms in total. The summed E-state index contributed by atoms with van der Waals surface area (Å²) in [6, 6.07) is 26.4. The molecule has 1 N–H and O–H groups in total. The lowest BCUT2D eigenvalue weighted by molar-refractivity contribution is -0.153. The molecular formula is C49H56ClN5O9. The van der Waals surface area contributed by atoms with Crippen molar-refractivity contribution in [2.75, 3.05) is 23.9 Å². The second kappa shape index (κ2) is 23.8. The van der Waals surface area contributed by atoms with E-state index < -0.39 is 53.1 Å². The molecule has 2 atom stereocenters. The first-order valence-corrected chi connectivity index (χ1v) is 22.1. The average molecular weight is 894 g/mol. The highest BCUT2D eigenvalue weighted by atomic mass is 35.5. The first kappa shape index (κ1) is 48.5. The monoisotopic (exact) mass is 893 g/mol. The standard InChI is InChI=1S/C49H56ClN5O9/c1-5-6-7-8-9-10-11-12-13-22-31-63-45(58)35(3)64-46(59)37-29-30-40(50)41(32-37)51-44(57)34(2)43(56)39-27-20-21-28-42(39)52(4)47(60)54-48(61)53(33-36-23-16-14-17-24-36)55(49(54)62)38-25-18-15-19-26-38/h14-21,23-30,32,34-35H,5-13,22,31,33H2,1-4H3,(H,51,57). The number of halogens is 1. The van der Waals surface area contributed by atoms with Crippen LogP contribution >= 0.6 is 11.6 Å². The number of anilines is 2. The van der Waals surface area contributed by atoms with Crippen molar-refractivity contribution in [2.45, 2.75) is 97.6 Å². The van der Waals surface area contributed by atoms with E-state index >= 15 is 0 Å². The lowest BCUT2D eigenvalue weighted by Gasteiger charge is -2.21. The molecule has 64 heavy (non-hydrogen) atoms. The molecule has 0 saturated heterocycles. The molecule has 0 saturated carbocycles. The van der Waals surface area contributed by atoms with Gasteiger partial charge in [-0.1, -0.05) is 137 Å². The molecule has 1 heterocycles. The van der Waals surface area contributed by atoms with Crippen molar-refractivity contribution in [2.24, 2.45) is 5.92 Å². The maximum Gasteiger partial charge on any atom is 0.360 e. The number of carbonyl (C=O) groups is 5. The zero-order valence-electron chi connectivity index (χ0n) is 36.8. The quantitative estimate of drug-likeness (QED) is 0.0308. The van der Waals surface area contributed by atoms with Crippen LogP contribution in [0.4, 0.5) is 16.2 Å². The van der Waals surface area contributed by atoms with Crippen molar-refractivity contribution >= 4 is 52.6 Å². The minimum absolute atomic E-state index is 0.00613. The molecule has 0 aliphatic carbocycles. The number of nitrogens with zero attached hydrogens (tertiary/aromatic N) is 4. The van der Waals surface area contributed by atoms with E-state index in [9.17, 15) is 33.6 Å². The summed E-state index contributed by atoms with van der Waals surface area (Å²) in [5, 5.41) is 2.65. The van der Waals surface area contributed by atoms with Crippen molar-refractivity contribution in [3.05, 3.63) is 146 Å². The van der Waals surface area contributed by atoms with Crippen LogP contribution in [0.2, 0.25) is 5.02 Å². The van der Waals surface area contributed by atoms with Crippen LogP contribution in [0, 0.1) is 5.92 Å². The van der Waals surface area contributed by atoms with Gasteiger partial charge in [-0.15, -0.1) is 0 Å². The molecule has 1 aromatic heterocycles. The summed E-state index contributed by atoms with van der Waals surface area (Å²) in [6.07, 6.45) is 10.2. The predicted octanol–water partition coefficient (Wildman–Crippen LogP) is 9.07. The zero-order valence-corrected chi connectivity index (χ0v) is 37.6. The number of hydrogen-bond donors (Lipinski definition) is 1. The van der Waals surface area contributed by atoms with E-state index in [-0.39, 0.29) is 40.7 Å². The minimum Gasteiger partial charge on any atom is -0.463 e. The van der Waals surface area contributed by atoms with Gasteiger partial charge >= 0.3 is 29.3 Å². The molecule has 338 valence electrons. The van der Waals surface area contributed by atoms with Gasteiger partial charge in [0.1, 0.15) is 0 Å². The topological polar surface area (TPSA) is 168 Å². The van der Waals surface area contributed by atoms with Crippen LogP contribution in [0.1, 0.15) is 111 Å². The van der Waals surface area contributed by atoms with E-state index in [4.69, 9.17) is 21.1 Å². The molecule has 0 aliphatic rings. The molecular weight excluding hydrogens is 838 g/mol. The fraction of sp³-hybridized carbons (Fsp3) is 0.367. The van der Waals surface area contributed by atoms with Crippen LogP contribution in [0.5, 0.6) is 0 Å². The van der Waals surface area contributed by atoms with Gasteiger partial charge < -0.3 is 14.8 Å². The lowest BCUT2D eigenvalue weighted by atomic mass is 9.96. The fourth-order valence-corrected chi connectivity index (χ4v) is 7.25. The number of unbranched alkanes of at least 4 members (excludes halogenated alkanes) is 9. The van der Waals surface area contributed by atoms with Crippen LogP contribution in [-0.4, -0.2) is 63.3 Å². The van der Waals surface area contributed by atoms with Gasteiger partial charge in [-0.2, -0.15) is 9.25 Å². The summed E-state index contributed by atoms with van der Waals surface area (Å²) in [5.74, 6) is -4.37. The van der Waals surface area contributed by atoms with Crippen LogP contribution in [0.3, 0.4) is 0 Å². The maximum absolute atomic E-state index is 14.1. The summed E-state index contributed by atoms with van der Waals surface area (Å²) in [4.78, 5) is 96.2. The second-order valence-corrected chi connectivity index (χ2v) is 16.0. The molecule has 5 rings (SSSR count). The Kier molecular flexibility index (Phi) is 18.0. The van der Waals surface area contributed by atoms with Crippen LogP contribution in [-0.2, 0) is 25.6 Å². The number of hydrogen-bond acceptors (Lipinski definition) is 9. The molecule has 15 heteroatoms. The van der Waals surface area contributed by atoms with Crippen LogP contribution in [0.15, 0.2) is 113 Å². The average Bonchev–Trinajstić information content (AvgIpc) is 3.55. The highest BCUT2D eigenvalue weighted by Gasteiger charge is 2.31. The van der Waals surface area contributed by atoms with Gasteiger partial charge in [-0.3, -0.25) is 14.5 Å². The molecule has 0 aliphatic heterocycles. The van der Waals surface area contributed by atoms with E-state index in [2.05, 4.69) is 12.2 Å². The van der Waals surface area contributed by atoms with Crippen LogP contribution in [0.25, 0.3) is 5.69 Å². The number of ether oxygens (including phenoxy) is 2. The summed E-state index contributed by atoms with van der Waals surface area (Å²) in [6.45, 7) is 5.18. The number of ketones is 1. The Morgan fingerprint density at radius 3 is 1.98 bits per heavy atom. The Hall–Kier alpha value is -6.54. The third-order valence-corrected chi connectivity index (χ3v) is 11.1. The number of aromatic nitrogens is 3. The normalized spacial score (nSPS) is 12.0. The number of benzene rings is 4. The first-order chi connectivity index (χ1) is 30.8. The van der Waals surface area contributed by atoms with E-state index in [0.29, 0.717) is 22.2 Å². The van der Waals surface area contributed by atoms with Gasteiger partial charge in [0.2, 0.25) is 5.91 Å². The van der Waals surface area contributed by atoms with Gasteiger partial charge in [0.25, 0.3) is 0 Å². The number of esters is 2. The molecule has 2 unspecified atom stereocenters. The number of Topliss-reactive ketones (excluding diaryl/α,β-unsaturated/α-hetero) is 1. The molecule has 4 aromatic carbocycles. The van der Waals surface area contributed by atoms with Gasteiger partial charge in [-0.25, -0.2) is 28.7 Å². The zero-order chi connectivity index (χ0) is 46.2. The van der Waals surface area contributed by atoms with Crippen LogP contribution < -0.4 is 21.6 Å². The Balaban J connectivity index is 1.22. The van der Waals surface area contributed by atoms with Gasteiger partial charge in [0.05, 0.1) is 46.7 Å². The van der Waals surface area contributed by atoms with E-state index in [1.54, 1.807) is 66.7 Å². The smallest absolute Gasteiger partial charge is 0.360 e. The third-order valence-electron chi connectivity index (χ3n) is 10.8. The Morgan fingerprint density at radius 1 is 0.734 bits per heavy atom. The van der Waals surface area contributed by atoms with Crippen molar-refractivity contribution in [1.82, 2.24) is 13.9 Å². The summed E-state index contributed by atoms with van der Waals surface area (Å²) >= 11 is 6.39. The highest BCUT2D eigenvalue weighted by Crippen LogP contribution is 2.27. The number of carbonyl (C=O) groups excluding carboxylic acids is 5. The molecule has 0 bridgehead atoms. The number of nitrogens with one attached hydrogen (secondary N) is 1. The van der Waals surface area contributed by atoms with E-state index in [1.807, 2.05) is 6.07 Å². The Labute approximate surface area is 377 Å². The summed E-state index contributed by atoms with van der Waals surface area (Å²) in [5.41, 5.74) is -0.769. The van der Waals surface area contributed by atoms with Crippen molar-refractivity contribution in [3.8, 4) is 5.69 Å². The van der Waals surface area contributed by atoms with Gasteiger partial charge in [-0.05, 0) is 68.3 Å². The molecule has 0 radical (unpaired) electrons. The Morgan fingerprint density at radius 2 is 1.33 bits per heavy atom. The van der Waals surface area contributed by atoms with E-state index in [0.717, 1.165) is 33.5 Å². The first-order valence-electron chi connectivity index (χ1n) is 21.8. The highest BCUT2D eigenvalue weighted by molar-refractivity contribution is 6.34. The molecule has 5 aromatic rings. The van der Waals surface area contributed by atoms with E-state index in [1.165, 1.54) is 89.8 Å². The second-order valence-electron chi connectivity index (χ2n) is 15.6. The minimum atomic E-state index is -1.35. The predicted molar refractivity (Wildman–Crippen MR) is 247 cm³/mol. The SMILES string of the molecule is CCCCCCCCCCCCOC(=O)C(C)OC(=O)c1ccc(Cl)c(NC(=O)C(C)C(=O)c2ccccc2N(C)C(=O)n2c(=O)n(Cc3ccccc3)n(-c3ccccc3)c2=O)c1. The molecule has 0 spiro atoms. The van der Waals surface area contributed by atoms with Gasteiger partial charge in [0, 0.05) is 12.6 Å². The number of amides is 2. The molecule has 0 fully saturated rings. The van der Waals surface area contributed by atoms with Gasteiger partial charge in [0.15, 0.2) is 11.9 Å². The van der Waals surface area contributed by atoms with Crippen molar-refractivity contribution < 1.29 is 33.4 Å². The summed E-state index contributed by atoms with van der Waals surface area (Å²) < 4.78 is 13.5. The number of rotatable bonds is 22. The fourth-order valence-electron chi connectivity index (χ4n) is 7.08. The Bertz CT molecular complexity index is 2520.